The summed E-state index contributed by atoms with van der Waals surface area (Å²) in [6, 6.07) is 4.10. The number of nitrogens with one attached hydrogen (secondary N) is 1. The minimum atomic E-state index is -0.504. The molecule has 0 aliphatic carbocycles. The highest BCUT2D eigenvalue weighted by Crippen LogP contribution is 2.29. The van der Waals surface area contributed by atoms with Gasteiger partial charge in [-0.15, -0.1) is 11.3 Å². The van der Waals surface area contributed by atoms with E-state index in [0.717, 1.165) is 0 Å². The number of carbonyl (C=O) groups excluding carboxylic acids is 1. The number of aromatic nitrogens is 1. The van der Waals surface area contributed by atoms with Crippen LogP contribution < -0.4 is 10.1 Å². The summed E-state index contributed by atoms with van der Waals surface area (Å²) < 4.78 is 22.7. The number of benzene rings is 1. The molecule has 5 nitrogen and oxygen atoms in total. The lowest BCUT2D eigenvalue weighted by Crippen LogP contribution is -2.02. The Morgan fingerprint density at radius 2 is 2.21 bits per heavy atom. The van der Waals surface area contributed by atoms with Crippen LogP contribution in [0, 0.1) is 5.82 Å². The van der Waals surface area contributed by atoms with E-state index in [-0.39, 0.29) is 5.69 Å². The summed E-state index contributed by atoms with van der Waals surface area (Å²) in [7, 11) is 2.74. The molecule has 1 heterocycles. The minimum absolute atomic E-state index is 0.219. The molecule has 0 aliphatic heterocycles. The molecule has 19 heavy (non-hydrogen) atoms. The van der Waals surface area contributed by atoms with Crippen LogP contribution in [-0.4, -0.2) is 25.2 Å². The summed E-state index contributed by atoms with van der Waals surface area (Å²) in [5.74, 6) is -0.540. The largest absolute Gasteiger partial charge is 0.494 e. The standard InChI is InChI=1S/C12H11FN2O3S/c1-17-10-5-7(13)3-4-8(10)14-12-15-9(6-19-12)11(16)18-2/h3-6H,1-2H3,(H,14,15). The van der Waals surface area contributed by atoms with Crippen molar-refractivity contribution in [3.63, 3.8) is 0 Å². The van der Waals surface area contributed by atoms with E-state index in [4.69, 9.17) is 4.74 Å². The van der Waals surface area contributed by atoms with E-state index in [1.807, 2.05) is 0 Å². The van der Waals surface area contributed by atoms with Gasteiger partial charge in [-0.2, -0.15) is 0 Å². The Labute approximate surface area is 113 Å². The molecule has 0 atom stereocenters. The van der Waals surface area contributed by atoms with Crippen molar-refractivity contribution in [1.29, 1.82) is 0 Å². The maximum atomic E-state index is 13.0. The predicted octanol–water partition coefficient (Wildman–Crippen LogP) is 2.82. The van der Waals surface area contributed by atoms with E-state index in [2.05, 4.69) is 15.0 Å². The molecular weight excluding hydrogens is 271 g/mol. The van der Waals surface area contributed by atoms with Crippen molar-refractivity contribution < 1.29 is 18.7 Å². The van der Waals surface area contributed by atoms with Crippen LogP contribution in [0.3, 0.4) is 0 Å². The summed E-state index contributed by atoms with van der Waals surface area (Å²) in [6.07, 6.45) is 0. The van der Waals surface area contributed by atoms with Crippen molar-refractivity contribution in [3.05, 3.63) is 35.1 Å². The van der Waals surface area contributed by atoms with Crippen LogP contribution in [0.2, 0.25) is 0 Å². The van der Waals surface area contributed by atoms with Crippen molar-refractivity contribution in [3.8, 4) is 5.75 Å². The summed E-state index contributed by atoms with van der Waals surface area (Å²) in [5, 5.41) is 5.02. The van der Waals surface area contributed by atoms with Crippen LogP contribution in [0.25, 0.3) is 0 Å². The molecule has 0 bridgehead atoms. The van der Waals surface area contributed by atoms with Crippen molar-refractivity contribution >= 4 is 28.1 Å². The SMILES string of the molecule is COC(=O)c1csc(Nc2ccc(F)cc2OC)n1. The number of anilines is 2. The average molecular weight is 282 g/mol. The number of thiazole rings is 1. The fourth-order valence-electron chi connectivity index (χ4n) is 1.41. The van der Waals surface area contributed by atoms with E-state index in [0.29, 0.717) is 16.6 Å². The van der Waals surface area contributed by atoms with Gasteiger partial charge in [-0.3, -0.25) is 0 Å². The lowest BCUT2D eigenvalue weighted by Gasteiger charge is -2.08. The van der Waals surface area contributed by atoms with Gasteiger partial charge in [0.2, 0.25) is 0 Å². The zero-order valence-electron chi connectivity index (χ0n) is 10.3. The van der Waals surface area contributed by atoms with Crippen molar-refractivity contribution in [2.45, 2.75) is 0 Å². The zero-order valence-corrected chi connectivity index (χ0v) is 11.1. The smallest absolute Gasteiger partial charge is 0.357 e. The molecule has 7 heteroatoms. The molecule has 0 spiro atoms. The van der Waals surface area contributed by atoms with Gasteiger partial charge in [0.1, 0.15) is 11.6 Å². The monoisotopic (exact) mass is 282 g/mol. The number of rotatable bonds is 4. The lowest BCUT2D eigenvalue weighted by molar-refractivity contribution is 0.0595. The molecule has 0 unspecified atom stereocenters. The third kappa shape index (κ3) is 3.00. The molecule has 0 radical (unpaired) electrons. The quantitative estimate of drug-likeness (QED) is 0.874. The van der Waals surface area contributed by atoms with Crippen LogP contribution in [0.4, 0.5) is 15.2 Å². The average Bonchev–Trinajstić information content (AvgIpc) is 2.88. The van der Waals surface area contributed by atoms with Crippen LogP contribution in [-0.2, 0) is 4.74 Å². The maximum Gasteiger partial charge on any atom is 0.357 e. The van der Waals surface area contributed by atoms with Gasteiger partial charge in [-0.05, 0) is 12.1 Å². The summed E-state index contributed by atoms with van der Waals surface area (Å²) in [5.41, 5.74) is 0.783. The Bertz CT molecular complexity index is 600. The molecule has 1 aromatic heterocycles. The number of carbonyl (C=O) groups is 1. The molecule has 2 rings (SSSR count). The topological polar surface area (TPSA) is 60.5 Å². The molecule has 0 aliphatic rings. The fraction of sp³-hybridized carbons (Fsp3) is 0.167. The first-order valence-corrected chi connectivity index (χ1v) is 6.16. The number of halogens is 1. The van der Waals surface area contributed by atoms with Gasteiger partial charge in [-0.25, -0.2) is 14.2 Å². The number of hydrogen-bond acceptors (Lipinski definition) is 6. The second kappa shape index (κ2) is 5.66. The van der Waals surface area contributed by atoms with Crippen molar-refractivity contribution in [2.75, 3.05) is 19.5 Å². The maximum absolute atomic E-state index is 13.0. The third-order valence-electron chi connectivity index (χ3n) is 2.30. The Kier molecular flexibility index (Phi) is 3.96. The predicted molar refractivity (Wildman–Crippen MR) is 69.7 cm³/mol. The van der Waals surface area contributed by atoms with E-state index in [1.54, 1.807) is 5.38 Å². The Morgan fingerprint density at radius 3 is 2.89 bits per heavy atom. The number of nitrogens with zero attached hydrogens (tertiary/aromatic N) is 1. The molecule has 100 valence electrons. The highest BCUT2D eigenvalue weighted by molar-refractivity contribution is 7.14. The van der Waals surface area contributed by atoms with Gasteiger partial charge < -0.3 is 14.8 Å². The van der Waals surface area contributed by atoms with Gasteiger partial charge in [0.05, 0.1) is 19.9 Å². The molecule has 1 N–H and O–H groups in total. The molecule has 1 aromatic carbocycles. The molecule has 0 amide bonds. The van der Waals surface area contributed by atoms with E-state index < -0.39 is 11.8 Å². The van der Waals surface area contributed by atoms with Crippen LogP contribution in [0.5, 0.6) is 5.75 Å². The summed E-state index contributed by atoms with van der Waals surface area (Å²) in [4.78, 5) is 15.3. The van der Waals surface area contributed by atoms with Crippen LogP contribution >= 0.6 is 11.3 Å². The Balaban J connectivity index is 2.21. The number of ether oxygens (including phenoxy) is 2. The third-order valence-corrected chi connectivity index (χ3v) is 3.06. The normalized spacial score (nSPS) is 10.1. The van der Waals surface area contributed by atoms with Gasteiger partial charge in [0.15, 0.2) is 10.8 Å². The highest BCUT2D eigenvalue weighted by atomic mass is 32.1. The second-order valence-corrected chi connectivity index (χ2v) is 4.36. The first kappa shape index (κ1) is 13.3. The van der Waals surface area contributed by atoms with E-state index >= 15 is 0 Å². The first-order valence-electron chi connectivity index (χ1n) is 5.28. The zero-order chi connectivity index (χ0) is 13.8. The number of esters is 1. The first-order chi connectivity index (χ1) is 9.13. The van der Waals surface area contributed by atoms with Gasteiger partial charge in [-0.1, -0.05) is 0 Å². The minimum Gasteiger partial charge on any atom is -0.494 e. The van der Waals surface area contributed by atoms with Crippen LogP contribution in [0.1, 0.15) is 10.5 Å². The molecule has 0 fully saturated rings. The van der Waals surface area contributed by atoms with Crippen molar-refractivity contribution in [1.82, 2.24) is 4.98 Å². The van der Waals surface area contributed by atoms with E-state index in [9.17, 15) is 9.18 Å². The molecular formula is C12H11FN2O3S. The fourth-order valence-corrected chi connectivity index (χ4v) is 2.11. The number of methoxy groups -OCH3 is 2. The second-order valence-electron chi connectivity index (χ2n) is 3.50. The van der Waals surface area contributed by atoms with Gasteiger partial charge in [0, 0.05) is 11.4 Å². The molecule has 2 aromatic rings. The van der Waals surface area contributed by atoms with Crippen LogP contribution in [0.15, 0.2) is 23.6 Å². The van der Waals surface area contributed by atoms with E-state index in [1.165, 1.54) is 43.8 Å². The number of hydrogen-bond donors (Lipinski definition) is 1. The van der Waals surface area contributed by atoms with Crippen molar-refractivity contribution in [2.24, 2.45) is 0 Å². The Hall–Kier alpha value is -2.15. The Morgan fingerprint density at radius 1 is 1.42 bits per heavy atom. The molecule has 0 saturated heterocycles. The van der Waals surface area contributed by atoms with Gasteiger partial charge >= 0.3 is 5.97 Å². The summed E-state index contributed by atoms with van der Waals surface area (Å²) >= 11 is 1.24. The lowest BCUT2D eigenvalue weighted by atomic mass is 10.3. The van der Waals surface area contributed by atoms with Gasteiger partial charge in [0.25, 0.3) is 0 Å². The molecule has 0 saturated carbocycles. The highest BCUT2D eigenvalue weighted by Gasteiger charge is 2.12. The summed E-state index contributed by atoms with van der Waals surface area (Å²) in [6.45, 7) is 0.